The van der Waals surface area contributed by atoms with Crippen molar-refractivity contribution in [3.05, 3.63) is 74.4 Å². The Balaban J connectivity index is 1.46. The van der Waals surface area contributed by atoms with Crippen molar-refractivity contribution in [2.24, 2.45) is 0 Å². The molecule has 1 N–H and O–H groups in total. The van der Waals surface area contributed by atoms with Gasteiger partial charge in [0.05, 0.1) is 10.0 Å². The van der Waals surface area contributed by atoms with E-state index in [1.165, 1.54) is 9.08 Å². The van der Waals surface area contributed by atoms with E-state index in [0.717, 1.165) is 0 Å². The number of rotatable bonds is 6. The van der Waals surface area contributed by atoms with Crippen LogP contribution in [0.5, 0.6) is 0 Å². The fourth-order valence-corrected chi connectivity index (χ4v) is 3.74. The molecule has 1 amide bonds. The summed E-state index contributed by atoms with van der Waals surface area (Å²) in [5, 5.41) is 11.8. The minimum atomic E-state index is -0.359. The molecule has 4 rings (SSSR count). The molecule has 0 spiro atoms. The van der Waals surface area contributed by atoms with E-state index in [0.29, 0.717) is 46.5 Å². The third-order valence-corrected chi connectivity index (χ3v) is 5.24. The molecule has 0 aliphatic carbocycles. The van der Waals surface area contributed by atoms with Crippen LogP contribution >= 0.6 is 23.2 Å². The highest BCUT2D eigenvalue weighted by atomic mass is 35.5. The molecule has 154 valence electrons. The number of halogens is 2. The van der Waals surface area contributed by atoms with Gasteiger partial charge in [-0.25, -0.2) is 9.48 Å². The van der Waals surface area contributed by atoms with Crippen molar-refractivity contribution in [2.75, 3.05) is 6.54 Å². The molecule has 0 saturated carbocycles. The number of pyridine rings is 1. The van der Waals surface area contributed by atoms with Crippen LogP contribution in [0.4, 0.5) is 0 Å². The second-order valence-electron chi connectivity index (χ2n) is 6.60. The highest BCUT2D eigenvalue weighted by molar-refractivity contribution is 6.39. The summed E-state index contributed by atoms with van der Waals surface area (Å²) in [6.07, 6.45) is 2.18. The van der Waals surface area contributed by atoms with E-state index in [9.17, 15) is 9.59 Å². The molecule has 3 heterocycles. The van der Waals surface area contributed by atoms with Crippen LogP contribution in [0.3, 0.4) is 0 Å². The van der Waals surface area contributed by atoms with Crippen molar-refractivity contribution in [2.45, 2.75) is 19.9 Å². The molecule has 3 aromatic heterocycles. The fraction of sp³-hybridized carbons (Fsp3) is 0.200. The molecule has 30 heavy (non-hydrogen) atoms. The summed E-state index contributed by atoms with van der Waals surface area (Å²) in [6.45, 7) is 2.35. The van der Waals surface area contributed by atoms with Crippen LogP contribution in [0, 0.1) is 6.92 Å². The van der Waals surface area contributed by atoms with Crippen molar-refractivity contribution in [1.82, 2.24) is 24.7 Å². The number of aromatic nitrogens is 4. The van der Waals surface area contributed by atoms with Gasteiger partial charge in [-0.1, -0.05) is 40.5 Å². The van der Waals surface area contributed by atoms with E-state index >= 15 is 0 Å². The molecular formula is C20H17Cl2N5O3. The first kappa shape index (κ1) is 20.2. The number of nitrogens with zero attached hydrogens (tertiary/aromatic N) is 4. The van der Waals surface area contributed by atoms with E-state index in [4.69, 9.17) is 27.7 Å². The maximum absolute atomic E-state index is 12.8. The lowest BCUT2D eigenvalue weighted by Gasteiger charge is -2.08. The molecular weight excluding hydrogens is 429 g/mol. The second-order valence-corrected chi connectivity index (χ2v) is 7.42. The Kier molecular flexibility index (Phi) is 5.61. The van der Waals surface area contributed by atoms with Crippen LogP contribution in [0.1, 0.15) is 22.5 Å². The van der Waals surface area contributed by atoms with Crippen molar-refractivity contribution in [3.8, 4) is 11.3 Å². The zero-order valence-electron chi connectivity index (χ0n) is 15.9. The van der Waals surface area contributed by atoms with Crippen molar-refractivity contribution >= 4 is 34.8 Å². The second kappa shape index (κ2) is 8.33. The summed E-state index contributed by atoms with van der Waals surface area (Å²) >= 11 is 12.5. The molecule has 10 heteroatoms. The molecule has 8 nitrogen and oxygen atoms in total. The minimum absolute atomic E-state index is 0.220. The van der Waals surface area contributed by atoms with Crippen LogP contribution in [0.2, 0.25) is 10.0 Å². The average Bonchev–Trinajstić information content (AvgIpc) is 3.25. The Morgan fingerprint density at radius 1 is 1.17 bits per heavy atom. The van der Waals surface area contributed by atoms with Gasteiger partial charge < -0.3 is 9.84 Å². The average molecular weight is 446 g/mol. The van der Waals surface area contributed by atoms with Gasteiger partial charge in [0.1, 0.15) is 17.0 Å². The lowest BCUT2D eigenvalue weighted by Crippen LogP contribution is -2.28. The largest absolute Gasteiger partial charge is 0.360 e. The number of hydrogen-bond acceptors (Lipinski definition) is 5. The van der Waals surface area contributed by atoms with Crippen molar-refractivity contribution < 1.29 is 9.32 Å². The Labute approximate surface area is 181 Å². The molecule has 0 aliphatic heterocycles. The van der Waals surface area contributed by atoms with Gasteiger partial charge in [-0.2, -0.15) is 0 Å². The monoisotopic (exact) mass is 445 g/mol. The van der Waals surface area contributed by atoms with Gasteiger partial charge in [-0.3, -0.25) is 9.20 Å². The van der Waals surface area contributed by atoms with Gasteiger partial charge in [-0.15, -0.1) is 5.10 Å². The summed E-state index contributed by atoms with van der Waals surface area (Å²) < 4.78 is 8.07. The van der Waals surface area contributed by atoms with Gasteiger partial charge >= 0.3 is 5.69 Å². The van der Waals surface area contributed by atoms with Crippen LogP contribution in [-0.4, -0.2) is 31.8 Å². The Morgan fingerprint density at radius 2 is 1.93 bits per heavy atom. The van der Waals surface area contributed by atoms with Crippen molar-refractivity contribution in [1.29, 1.82) is 0 Å². The number of aryl methyl sites for hydroxylation is 2. The van der Waals surface area contributed by atoms with Crippen LogP contribution < -0.4 is 11.0 Å². The van der Waals surface area contributed by atoms with Gasteiger partial charge in [0.2, 0.25) is 0 Å². The number of benzene rings is 1. The van der Waals surface area contributed by atoms with Crippen LogP contribution in [-0.2, 0) is 6.54 Å². The third kappa shape index (κ3) is 3.71. The number of carbonyl (C=O) groups is 1. The Bertz CT molecular complexity index is 1270. The van der Waals surface area contributed by atoms with E-state index in [2.05, 4.69) is 15.6 Å². The number of carbonyl (C=O) groups excluding carboxylic acids is 1. The normalized spacial score (nSPS) is 11.2. The summed E-state index contributed by atoms with van der Waals surface area (Å²) in [4.78, 5) is 25.1. The zero-order valence-corrected chi connectivity index (χ0v) is 17.4. The standard InChI is InChI=1S/C20H17Cl2N5O3/c1-12-16(18(25-30-12)17-13(21)6-4-7-14(17)22)19(28)23-9-5-11-27-20(29)26-10-3-2-8-15(26)24-27/h2-4,6-8,10H,5,9,11H2,1H3,(H,23,28). The molecule has 0 saturated heterocycles. The molecule has 0 fully saturated rings. The minimum Gasteiger partial charge on any atom is -0.360 e. The number of amides is 1. The molecule has 0 aliphatic rings. The SMILES string of the molecule is Cc1onc(-c2c(Cl)cccc2Cl)c1C(=O)NCCCn1nc2ccccn2c1=O. The predicted octanol–water partition coefficient (Wildman–Crippen LogP) is 3.59. The number of hydrogen-bond donors (Lipinski definition) is 1. The van der Waals surface area contributed by atoms with Crippen LogP contribution in [0.25, 0.3) is 16.9 Å². The van der Waals surface area contributed by atoms with E-state index in [1.807, 2.05) is 6.07 Å². The molecule has 0 unspecified atom stereocenters. The maximum Gasteiger partial charge on any atom is 0.350 e. The van der Waals surface area contributed by atoms with Gasteiger partial charge in [0, 0.05) is 24.8 Å². The first-order valence-electron chi connectivity index (χ1n) is 9.20. The van der Waals surface area contributed by atoms with Crippen LogP contribution in [0.15, 0.2) is 51.9 Å². The first-order valence-corrected chi connectivity index (χ1v) is 9.96. The predicted molar refractivity (Wildman–Crippen MR) is 113 cm³/mol. The number of nitrogens with one attached hydrogen (secondary N) is 1. The summed E-state index contributed by atoms with van der Waals surface area (Å²) in [7, 11) is 0. The quantitative estimate of drug-likeness (QED) is 0.457. The van der Waals surface area contributed by atoms with Gasteiger partial charge in [0.25, 0.3) is 5.91 Å². The maximum atomic E-state index is 12.8. The topological polar surface area (TPSA) is 94.4 Å². The fourth-order valence-electron chi connectivity index (χ4n) is 3.17. The highest BCUT2D eigenvalue weighted by Gasteiger charge is 2.24. The van der Waals surface area contributed by atoms with Gasteiger partial charge in [-0.05, 0) is 37.6 Å². The molecule has 1 aromatic carbocycles. The summed E-state index contributed by atoms with van der Waals surface area (Å²) in [6, 6.07) is 10.4. The molecule has 0 bridgehead atoms. The highest BCUT2D eigenvalue weighted by Crippen LogP contribution is 2.36. The molecule has 0 radical (unpaired) electrons. The molecule has 0 atom stereocenters. The first-order chi connectivity index (χ1) is 14.5. The number of fused-ring (bicyclic) bond motifs is 1. The lowest BCUT2D eigenvalue weighted by atomic mass is 10.1. The Morgan fingerprint density at radius 3 is 2.67 bits per heavy atom. The smallest absolute Gasteiger partial charge is 0.350 e. The third-order valence-electron chi connectivity index (χ3n) is 4.61. The van der Waals surface area contributed by atoms with E-state index < -0.39 is 0 Å². The van der Waals surface area contributed by atoms with Gasteiger partial charge in [0.15, 0.2) is 5.65 Å². The Hall–Kier alpha value is -3.10. The summed E-state index contributed by atoms with van der Waals surface area (Å²) in [5.41, 5.74) is 1.36. The lowest BCUT2D eigenvalue weighted by molar-refractivity contribution is 0.0951. The van der Waals surface area contributed by atoms with Crippen molar-refractivity contribution in [3.63, 3.8) is 0 Å². The van der Waals surface area contributed by atoms with E-state index in [-0.39, 0.29) is 22.9 Å². The zero-order chi connectivity index (χ0) is 21.3. The van der Waals surface area contributed by atoms with E-state index in [1.54, 1.807) is 43.5 Å². The molecule has 4 aromatic rings. The summed E-state index contributed by atoms with van der Waals surface area (Å²) in [5.74, 6) is -0.00265.